The SMILES string of the molecule is CC(C)COc1ccccc1NC(=O)C=Cc1ccccn1. The normalized spacial score (nSPS) is 10.9. The largest absolute Gasteiger partial charge is 0.491 e. The summed E-state index contributed by atoms with van der Waals surface area (Å²) in [6, 6.07) is 13.0. The summed E-state index contributed by atoms with van der Waals surface area (Å²) in [6.07, 6.45) is 4.82. The molecule has 2 rings (SSSR count). The van der Waals surface area contributed by atoms with Gasteiger partial charge in [0.05, 0.1) is 18.0 Å². The summed E-state index contributed by atoms with van der Waals surface area (Å²) >= 11 is 0. The first kappa shape index (κ1) is 15.8. The molecule has 0 radical (unpaired) electrons. The highest BCUT2D eigenvalue weighted by molar-refractivity contribution is 6.02. The van der Waals surface area contributed by atoms with Crippen molar-refractivity contribution in [1.82, 2.24) is 4.98 Å². The van der Waals surface area contributed by atoms with E-state index in [1.165, 1.54) is 6.08 Å². The molecule has 1 amide bonds. The maximum atomic E-state index is 12.0. The number of nitrogens with zero attached hydrogens (tertiary/aromatic N) is 1. The van der Waals surface area contributed by atoms with E-state index in [1.54, 1.807) is 12.3 Å². The van der Waals surface area contributed by atoms with E-state index in [0.29, 0.717) is 24.0 Å². The lowest BCUT2D eigenvalue weighted by molar-refractivity contribution is -0.111. The molecule has 22 heavy (non-hydrogen) atoms. The molecule has 0 aliphatic carbocycles. The van der Waals surface area contributed by atoms with Crippen LogP contribution in [0.3, 0.4) is 0 Å². The van der Waals surface area contributed by atoms with Crippen LogP contribution in [-0.2, 0) is 4.79 Å². The summed E-state index contributed by atoms with van der Waals surface area (Å²) < 4.78 is 5.71. The molecule has 2 aromatic rings. The van der Waals surface area contributed by atoms with Crippen LogP contribution in [0, 0.1) is 5.92 Å². The Labute approximate surface area is 130 Å². The number of ether oxygens (including phenoxy) is 1. The number of para-hydroxylation sites is 2. The molecule has 1 aromatic carbocycles. The van der Waals surface area contributed by atoms with E-state index in [1.807, 2.05) is 42.5 Å². The summed E-state index contributed by atoms with van der Waals surface area (Å²) in [5, 5.41) is 2.83. The second kappa shape index (κ2) is 7.98. The molecule has 0 saturated heterocycles. The first-order valence-corrected chi connectivity index (χ1v) is 7.27. The Morgan fingerprint density at radius 3 is 2.73 bits per heavy atom. The zero-order valence-corrected chi connectivity index (χ0v) is 12.8. The summed E-state index contributed by atoms with van der Waals surface area (Å²) in [5.41, 5.74) is 1.40. The maximum absolute atomic E-state index is 12.0. The fourth-order valence-electron chi connectivity index (χ4n) is 1.76. The fraction of sp³-hybridized carbons (Fsp3) is 0.222. The minimum Gasteiger partial charge on any atom is -0.491 e. The van der Waals surface area contributed by atoms with E-state index < -0.39 is 0 Å². The Morgan fingerprint density at radius 1 is 1.23 bits per heavy atom. The number of rotatable bonds is 6. The summed E-state index contributed by atoms with van der Waals surface area (Å²) in [6.45, 7) is 4.77. The van der Waals surface area contributed by atoms with Crippen LogP contribution in [0.1, 0.15) is 19.5 Å². The van der Waals surface area contributed by atoms with Crippen LogP contribution in [0.5, 0.6) is 5.75 Å². The number of amides is 1. The van der Waals surface area contributed by atoms with E-state index >= 15 is 0 Å². The van der Waals surface area contributed by atoms with Gasteiger partial charge in [-0.3, -0.25) is 9.78 Å². The first-order chi connectivity index (χ1) is 10.6. The van der Waals surface area contributed by atoms with Gasteiger partial charge in [-0.15, -0.1) is 0 Å². The molecule has 0 fully saturated rings. The highest BCUT2D eigenvalue weighted by atomic mass is 16.5. The van der Waals surface area contributed by atoms with Crippen LogP contribution in [0.15, 0.2) is 54.7 Å². The average Bonchev–Trinajstić information content (AvgIpc) is 2.53. The van der Waals surface area contributed by atoms with Crippen molar-refractivity contribution in [2.45, 2.75) is 13.8 Å². The molecule has 1 aromatic heterocycles. The third-order valence-electron chi connectivity index (χ3n) is 2.81. The van der Waals surface area contributed by atoms with Crippen LogP contribution in [-0.4, -0.2) is 17.5 Å². The molecule has 0 aliphatic rings. The molecule has 0 aliphatic heterocycles. The molecule has 4 nitrogen and oxygen atoms in total. The van der Waals surface area contributed by atoms with Crippen molar-refractivity contribution in [3.05, 3.63) is 60.4 Å². The number of hydrogen-bond acceptors (Lipinski definition) is 3. The lowest BCUT2D eigenvalue weighted by Gasteiger charge is -2.13. The Morgan fingerprint density at radius 2 is 2.00 bits per heavy atom. The molecule has 4 heteroatoms. The number of anilines is 1. The van der Waals surface area contributed by atoms with Crippen LogP contribution < -0.4 is 10.1 Å². The molecule has 0 bridgehead atoms. The number of carbonyl (C=O) groups is 1. The van der Waals surface area contributed by atoms with Gasteiger partial charge in [-0.25, -0.2) is 0 Å². The van der Waals surface area contributed by atoms with E-state index in [0.717, 1.165) is 5.69 Å². The summed E-state index contributed by atoms with van der Waals surface area (Å²) in [7, 11) is 0. The molecule has 0 spiro atoms. The third-order valence-corrected chi connectivity index (χ3v) is 2.81. The molecular formula is C18H20N2O2. The Balaban J connectivity index is 2.01. The van der Waals surface area contributed by atoms with Crippen LogP contribution in [0.25, 0.3) is 6.08 Å². The van der Waals surface area contributed by atoms with Gasteiger partial charge in [0.2, 0.25) is 5.91 Å². The molecule has 0 saturated carbocycles. The minimum absolute atomic E-state index is 0.216. The first-order valence-electron chi connectivity index (χ1n) is 7.27. The Hall–Kier alpha value is -2.62. The second-order valence-corrected chi connectivity index (χ2v) is 5.28. The van der Waals surface area contributed by atoms with Gasteiger partial charge in [-0.1, -0.05) is 32.0 Å². The molecule has 0 unspecified atom stereocenters. The zero-order valence-electron chi connectivity index (χ0n) is 12.8. The van der Waals surface area contributed by atoms with E-state index in [-0.39, 0.29) is 5.91 Å². The predicted molar refractivity (Wildman–Crippen MR) is 88.7 cm³/mol. The van der Waals surface area contributed by atoms with Crippen molar-refractivity contribution in [1.29, 1.82) is 0 Å². The number of nitrogens with one attached hydrogen (secondary N) is 1. The van der Waals surface area contributed by atoms with Crippen molar-refractivity contribution in [2.24, 2.45) is 5.92 Å². The minimum atomic E-state index is -0.216. The fourth-order valence-corrected chi connectivity index (χ4v) is 1.76. The molecular weight excluding hydrogens is 276 g/mol. The lowest BCUT2D eigenvalue weighted by atomic mass is 10.2. The van der Waals surface area contributed by atoms with Gasteiger partial charge in [0.1, 0.15) is 5.75 Å². The zero-order chi connectivity index (χ0) is 15.8. The highest BCUT2D eigenvalue weighted by Crippen LogP contribution is 2.24. The molecule has 114 valence electrons. The van der Waals surface area contributed by atoms with Gasteiger partial charge >= 0.3 is 0 Å². The van der Waals surface area contributed by atoms with Crippen molar-refractivity contribution in [3.8, 4) is 5.75 Å². The van der Waals surface area contributed by atoms with Crippen molar-refractivity contribution in [3.63, 3.8) is 0 Å². The number of carbonyl (C=O) groups excluding carboxylic acids is 1. The van der Waals surface area contributed by atoms with Gasteiger partial charge in [0.25, 0.3) is 0 Å². The van der Waals surface area contributed by atoms with Crippen molar-refractivity contribution >= 4 is 17.7 Å². The molecule has 1 heterocycles. The van der Waals surface area contributed by atoms with E-state index in [2.05, 4.69) is 24.1 Å². The topological polar surface area (TPSA) is 51.2 Å². The Kier molecular flexibility index (Phi) is 5.72. The van der Waals surface area contributed by atoms with Gasteiger partial charge < -0.3 is 10.1 Å². The number of benzene rings is 1. The van der Waals surface area contributed by atoms with Gasteiger partial charge in [0.15, 0.2) is 0 Å². The number of pyridine rings is 1. The van der Waals surface area contributed by atoms with Gasteiger partial charge in [-0.05, 0) is 36.3 Å². The van der Waals surface area contributed by atoms with Crippen LogP contribution >= 0.6 is 0 Å². The maximum Gasteiger partial charge on any atom is 0.248 e. The van der Waals surface area contributed by atoms with E-state index in [9.17, 15) is 4.79 Å². The van der Waals surface area contributed by atoms with Crippen LogP contribution in [0.4, 0.5) is 5.69 Å². The average molecular weight is 296 g/mol. The van der Waals surface area contributed by atoms with Gasteiger partial charge in [-0.2, -0.15) is 0 Å². The van der Waals surface area contributed by atoms with Crippen molar-refractivity contribution in [2.75, 3.05) is 11.9 Å². The predicted octanol–water partition coefficient (Wildman–Crippen LogP) is 3.77. The summed E-state index contributed by atoms with van der Waals surface area (Å²) in [5.74, 6) is 0.884. The lowest BCUT2D eigenvalue weighted by Crippen LogP contribution is -2.11. The smallest absolute Gasteiger partial charge is 0.248 e. The van der Waals surface area contributed by atoms with E-state index in [4.69, 9.17) is 4.74 Å². The third kappa shape index (κ3) is 5.05. The van der Waals surface area contributed by atoms with Gasteiger partial charge in [0, 0.05) is 12.3 Å². The van der Waals surface area contributed by atoms with Crippen LogP contribution in [0.2, 0.25) is 0 Å². The summed E-state index contributed by atoms with van der Waals surface area (Å²) in [4.78, 5) is 16.1. The number of aromatic nitrogens is 1. The standard InChI is InChI=1S/C18H20N2O2/c1-14(2)13-22-17-9-4-3-8-16(17)20-18(21)11-10-15-7-5-6-12-19-15/h3-12,14H,13H2,1-2H3,(H,20,21). The monoisotopic (exact) mass is 296 g/mol. The molecule has 1 N–H and O–H groups in total. The Bertz CT molecular complexity index is 637. The highest BCUT2D eigenvalue weighted by Gasteiger charge is 2.06. The quantitative estimate of drug-likeness (QED) is 0.826. The second-order valence-electron chi connectivity index (χ2n) is 5.28. The van der Waals surface area contributed by atoms with Crippen molar-refractivity contribution < 1.29 is 9.53 Å². The number of hydrogen-bond donors (Lipinski definition) is 1. The molecule has 0 atom stereocenters.